The van der Waals surface area contributed by atoms with Gasteiger partial charge in [0.2, 0.25) is 0 Å². The number of carboxylic acid groups (broad SMARTS) is 1. The fourth-order valence-electron chi connectivity index (χ4n) is 0.970. The largest absolute Gasteiger partial charge is 0.480 e. The topological polar surface area (TPSA) is 101 Å². The predicted octanol–water partition coefficient (Wildman–Crippen LogP) is -0.173. The zero-order chi connectivity index (χ0) is 12.3. The highest BCUT2D eigenvalue weighted by Gasteiger charge is 2.18. The van der Waals surface area contributed by atoms with Crippen molar-refractivity contribution in [1.29, 1.82) is 0 Å². The lowest BCUT2D eigenvalue weighted by Gasteiger charge is -2.04. The molecule has 0 fully saturated rings. The number of sulfonamides is 1. The molecule has 0 aliphatic carbocycles. The Morgan fingerprint density at radius 2 is 2.25 bits per heavy atom. The Morgan fingerprint density at radius 3 is 2.69 bits per heavy atom. The van der Waals surface area contributed by atoms with Crippen LogP contribution < -0.4 is 4.72 Å². The molecule has 1 heterocycles. The summed E-state index contributed by atoms with van der Waals surface area (Å²) in [5, 5.41) is 8.19. The molecule has 0 saturated carbocycles. The molecule has 0 saturated heterocycles. The van der Waals surface area contributed by atoms with Gasteiger partial charge in [0.15, 0.2) is 5.03 Å². The molecule has 0 unspecified atom stereocenters. The van der Waals surface area contributed by atoms with Gasteiger partial charge in [0, 0.05) is 12.2 Å². The number of nitrogens with one attached hydrogen (secondary N) is 1. The average molecular weight is 247 g/mol. The van der Waals surface area contributed by atoms with Gasteiger partial charge in [0.25, 0.3) is 10.0 Å². The van der Waals surface area contributed by atoms with E-state index in [1.807, 2.05) is 18.6 Å². The fourth-order valence-corrected chi connectivity index (χ4v) is 1.88. The zero-order valence-electron chi connectivity index (χ0n) is 8.91. The van der Waals surface area contributed by atoms with Crippen molar-refractivity contribution in [3.8, 4) is 0 Å². The van der Waals surface area contributed by atoms with Crippen LogP contribution in [-0.2, 0) is 14.8 Å². The monoisotopic (exact) mass is 247 g/mol. The molecule has 1 aromatic rings. The van der Waals surface area contributed by atoms with Gasteiger partial charge in [-0.25, -0.2) is 13.4 Å². The Balaban J connectivity index is 2.86. The van der Waals surface area contributed by atoms with Gasteiger partial charge in [-0.3, -0.25) is 4.79 Å². The molecule has 0 bridgehead atoms. The van der Waals surface area contributed by atoms with E-state index in [0.29, 0.717) is 0 Å². The van der Waals surface area contributed by atoms with Crippen LogP contribution in [0.15, 0.2) is 17.6 Å². The van der Waals surface area contributed by atoms with E-state index < -0.39 is 22.5 Å². The molecule has 0 aliphatic heterocycles. The molecule has 7 nitrogen and oxygen atoms in total. The first kappa shape index (κ1) is 12.7. The number of hydrogen-bond donors (Lipinski definition) is 2. The standard InChI is InChI=1S/C8H13N3O4S/c1-6(2)11-4-7(9-5-11)16(14,15)10-3-8(12)13/h4-6,10H,3H2,1-2H3,(H,12,13). The lowest BCUT2D eigenvalue weighted by molar-refractivity contribution is -0.135. The summed E-state index contributed by atoms with van der Waals surface area (Å²) in [5.74, 6) is -1.24. The maximum atomic E-state index is 11.5. The van der Waals surface area contributed by atoms with E-state index in [9.17, 15) is 13.2 Å². The van der Waals surface area contributed by atoms with E-state index >= 15 is 0 Å². The van der Waals surface area contributed by atoms with Crippen LogP contribution in [-0.4, -0.2) is 35.6 Å². The van der Waals surface area contributed by atoms with E-state index in [0.717, 1.165) is 0 Å². The number of aliphatic carboxylic acids is 1. The second-order valence-corrected chi connectivity index (χ2v) is 5.18. The van der Waals surface area contributed by atoms with Crippen LogP contribution in [0.5, 0.6) is 0 Å². The molecular formula is C8H13N3O4S. The van der Waals surface area contributed by atoms with E-state index in [-0.39, 0.29) is 11.1 Å². The van der Waals surface area contributed by atoms with Gasteiger partial charge in [-0.05, 0) is 13.8 Å². The van der Waals surface area contributed by atoms with Crippen LogP contribution in [0.1, 0.15) is 19.9 Å². The summed E-state index contributed by atoms with van der Waals surface area (Å²) in [7, 11) is -3.83. The molecule has 1 aromatic heterocycles. The van der Waals surface area contributed by atoms with Crippen molar-refractivity contribution in [2.75, 3.05) is 6.54 Å². The zero-order valence-corrected chi connectivity index (χ0v) is 9.73. The van der Waals surface area contributed by atoms with Crippen LogP contribution in [0.3, 0.4) is 0 Å². The smallest absolute Gasteiger partial charge is 0.318 e. The van der Waals surface area contributed by atoms with E-state index in [2.05, 4.69) is 4.98 Å². The molecule has 0 aliphatic rings. The van der Waals surface area contributed by atoms with Crippen LogP contribution in [0.2, 0.25) is 0 Å². The fraction of sp³-hybridized carbons (Fsp3) is 0.500. The predicted molar refractivity (Wildman–Crippen MR) is 55.4 cm³/mol. The van der Waals surface area contributed by atoms with Gasteiger partial charge in [0.1, 0.15) is 6.54 Å². The van der Waals surface area contributed by atoms with Crippen molar-refractivity contribution in [1.82, 2.24) is 14.3 Å². The Kier molecular flexibility index (Phi) is 3.66. The summed E-state index contributed by atoms with van der Waals surface area (Å²) in [6.07, 6.45) is 2.74. The molecule has 90 valence electrons. The number of carbonyl (C=O) groups is 1. The van der Waals surface area contributed by atoms with Gasteiger partial charge in [-0.1, -0.05) is 0 Å². The summed E-state index contributed by atoms with van der Waals surface area (Å²) < 4.78 is 26.6. The third-order valence-electron chi connectivity index (χ3n) is 1.86. The van der Waals surface area contributed by atoms with Crippen LogP contribution in [0, 0.1) is 0 Å². The molecule has 16 heavy (non-hydrogen) atoms. The molecule has 1 rings (SSSR count). The maximum Gasteiger partial charge on any atom is 0.318 e. The van der Waals surface area contributed by atoms with Gasteiger partial charge < -0.3 is 9.67 Å². The highest BCUT2D eigenvalue weighted by atomic mass is 32.2. The van der Waals surface area contributed by atoms with Gasteiger partial charge >= 0.3 is 5.97 Å². The van der Waals surface area contributed by atoms with Crippen molar-refractivity contribution < 1.29 is 18.3 Å². The third-order valence-corrected chi connectivity index (χ3v) is 3.15. The Labute approximate surface area is 93.2 Å². The molecule has 0 amide bonds. The average Bonchev–Trinajstić information content (AvgIpc) is 2.64. The first-order chi connectivity index (χ1) is 7.33. The summed E-state index contributed by atoms with van der Waals surface area (Å²) in [6.45, 7) is 3.10. The minimum atomic E-state index is -3.83. The highest BCUT2D eigenvalue weighted by Crippen LogP contribution is 2.09. The van der Waals surface area contributed by atoms with Crippen LogP contribution >= 0.6 is 0 Å². The third kappa shape index (κ3) is 3.04. The lowest BCUT2D eigenvalue weighted by Crippen LogP contribution is -2.29. The maximum absolute atomic E-state index is 11.5. The number of carboxylic acids is 1. The normalized spacial score (nSPS) is 11.9. The number of nitrogens with zero attached hydrogens (tertiary/aromatic N) is 2. The van der Waals surface area contributed by atoms with Gasteiger partial charge in [0.05, 0.1) is 6.33 Å². The Bertz CT molecular complexity index is 477. The molecule has 0 radical (unpaired) electrons. The minimum Gasteiger partial charge on any atom is -0.480 e. The number of imidazole rings is 1. The Hall–Kier alpha value is -1.41. The second-order valence-electron chi connectivity index (χ2n) is 3.47. The lowest BCUT2D eigenvalue weighted by atomic mass is 10.4. The molecule has 0 aromatic carbocycles. The SMILES string of the molecule is CC(C)n1cnc(S(=O)(=O)NCC(=O)O)c1. The molecule has 2 N–H and O–H groups in total. The molecular weight excluding hydrogens is 234 g/mol. The summed E-state index contributed by atoms with van der Waals surface area (Å²) in [4.78, 5) is 13.9. The van der Waals surface area contributed by atoms with Gasteiger partial charge in [-0.15, -0.1) is 0 Å². The highest BCUT2D eigenvalue weighted by molar-refractivity contribution is 7.89. The summed E-state index contributed by atoms with van der Waals surface area (Å²) in [6, 6.07) is 0.0934. The molecule has 8 heteroatoms. The van der Waals surface area contributed by atoms with E-state index in [1.54, 1.807) is 4.57 Å². The Morgan fingerprint density at radius 1 is 1.62 bits per heavy atom. The van der Waals surface area contributed by atoms with E-state index in [4.69, 9.17) is 5.11 Å². The first-order valence-corrected chi connectivity index (χ1v) is 6.06. The minimum absolute atomic E-state index is 0.0934. The van der Waals surface area contributed by atoms with Crippen LogP contribution in [0.25, 0.3) is 0 Å². The van der Waals surface area contributed by atoms with Gasteiger partial charge in [-0.2, -0.15) is 4.72 Å². The van der Waals surface area contributed by atoms with Crippen molar-refractivity contribution in [2.45, 2.75) is 24.9 Å². The number of hydrogen-bond acceptors (Lipinski definition) is 4. The van der Waals surface area contributed by atoms with E-state index in [1.165, 1.54) is 12.5 Å². The first-order valence-electron chi connectivity index (χ1n) is 4.58. The number of rotatable bonds is 5. The van der Waals surface area contributed by atoms with Crippen molar-refractivity contribution in [2.24, 2.45) is 0 Å². The van der Waals surface area contributed by atoms with Crippen molar-refractivity contribution in [3.05, 3.63) is 12.5 Å². The van der Waals surface area contributed by atoms with Crippen molar-refractivity contribution in [3.63, 3.8) is 0 Å². The second kappa shape index (κ2) is 4.62. The summed E-state index contributed by atoms with van der Waals surface area (Å²) >= 11 is 0. The number of aromatic nitrogens is 2. The van der Waals surface area contributed by atoms with Crippen LogP contribution in [0.4, 0.5) is 0 Å². The summed E-state index contributed by atoms with van der Waals surface area (Å²) in [5.41, 5.74) is 0. The van der Waals surface area contributed by atoms with Crippen molar-refractivity contribution >= 4 is 16.0 Å². The molecule has 0 spiro atoms. The quantitative estimate of drug-likeness (QED) is 0.752. The molecule has 0 atom stereocenters.